The second-order valence-corrected chi connectivity index (χ2v) is 8.06. The molecular weight excluding hydrogens is 408 g/mol. The van der Waals surface area contributed by atoms with Crippen LogP contribution in [0.4, 0.5) is 13.6 Å². The molecule has 1 amide bonds. The Kier molecular flexibility index (Phi) is 8.13. The van der Waals surface area contributed by atoms with E-state index in [0.717, 1.165) is 0 Å². The number of alkyl halides is 2. The summed E-state index contributed by atoms with van der Waals surface area (Å²) in [6, 6.07) is 6.02. The standard InChI is InChI=1S/C22H29F2N3O4/c1-5-30-20(28)18(26-12-14-8-6-7-9-15(14)19(23)24)16-13-27(11-10-17(16)25)21(29)31-22(2,3)4/h6-9,19,25-26H,5,10-13H2,1-4H3/b18-16-,25-17?. The number of nitrogens with zero attached hydrogens (tertiary/aromatic N) is 1. The molecule has 0 radical (unpaired) electrons. The monoisotopic (exact) mass is 437 g/mol. The molecule has 2 N–H and O–H groups in total. The van der Waals surface area contributed by atoms with Crippen LogP contribution in [-0.4, -0.2) is 48.0 Å². The van der Waals surface area contributed by atoms with Gasteiger partial charge in [-0.1, -0.05) is 24.3 Å². The van der Waals surface area contributed by atoms with Gasteiger partial charge in [0, 0.05) is 36.4 Å². The lowest BCUT2D eigenvalue weighted by molar-refractivity contribution is -0.139. The quantitative estimate of drug-likeness (QED) is 0.514. The summed E-state index contributed by atoms with van der Waals surface area (Å²) in [5, 5.41) is 11.2. The number of piperidine rings is 1. The first-order chi connectivity index (χ1) is 14.5. The van der Waals surface area contributed by atoms with E-state index in [1.165, 1.54) is 17.0 Å². The van der Waals surface area contributed by atoms with E-state index < -0.39 is 24.1 Å². The van der Waals surface area contributed by atoms with Gasteiger partial charge < -0.3 is 25.1 Å². The molecule has 0 aromatic heterocycles. The number of likely N-dealkylation sites (tertiary alicyclic amines) is 1. The predicted octanol–water partition coefficient (Wildman–Crippen LogP) is 4.19. The lowest BCUT2D eigenvalue weighted by Gasteiger charge is -2.32. The number of rotatable bonds is 6. The zero-order valence-corrected chi connectivity index (χ0v) is 18.3. The number of hydrogen-bond acceptors (Lipinski definition) is 6. The van der Waals surface area contributed by atoms with Crippen molar-refractivity contribution in [2.45, 2.75) is 52.7 Å². The van der Waals surface area contributed by atoms with Gasteiger partial charge in [0.05, 0.1) is 13.2 Å². The lowest BCUT2D eigenvalue weighted by atomic mass is 9.99. The molecule has 0 atom stereocenters. The van der Waals surface area contributed by atoms with E-state index in [1.807, 2.05) is 0 Å². The van der Waals surface area contributed by atoms with Crippen LogP contribution in [0.15, 0.2) is 35.5 Å². The topological polar surface area (TPSA) is 91.7 Å². The maximum atomic E-state index is 13.3. The van der Waals surface area contributed by atoms with Gasteiger partial charge in [0.1, 0.15) is 11.3 Å². The molecule has 0 saturated carbocycles. The largest absolute Gasteiger partial charge is 0.461 e. The van der Waals surface area contributed by atoms with Crippen molar-refractivity contribution < 1.29 is 27.8 Å². The molecule has 7 nitrogen and oxygen atoms in total. The number of hydrogen-bond donors (Lipinski definition) is 2. The van der Waals surface area contributed by atoms with Gasteiger partial charge in [-0.3, -0.25) is 0 Å². The molecule has 1 aliphatic rings. The Morgan fingerprint density at radius 3 is 2.55 bits per heavy atom. The van der Waals surface area contributed by atoms with Crippen LogP contribution < -0.4 is 5.32 Å². The molecule has 31 heavy (non-hydrogen) atoms. The van der Waals surface area contributed by atoms with E-state index in [-0.39, 0.29) is 55.2 Å². The number of carbonyl (C=O) groups excluding carboxylic acids is 2. The predicted molar refractivity (Wildman–Crippen MR) is 112 cm³/mol. The highest BCUT2D eigenvalue weighted by molar-refractivity contribution is 6.06. The summed E-state index contributed by atoms with van der Waals surface area (Å²) in [4.78, 5) is 26.5. The summed E-state index contributed by atoms with van der Waals surface area (Å²) in [6.07, 6.45) is -2.98. The average molecular weight is 437 g/mol. The average Bonchev–Trinajstić information content (AvgIpc) is 2.68. The summed E-state index contributed by atoms with van der Waals surface area (Å²) in [7, 11) is 0. The van der Waals surface area contributed by atoms with Crippen LogP contribution in [0.1, 0.15) is 51.7 Å². The van der Waals surface area contributed by atoms with Crippen molar-refractivity contribution in [3.8, 4) is 0 Å². The summed E-state index contributed by atoms with van der Waals surface area (Å²) in [5.74, 6) is -0.706. The van der Waals surface area contributed by atoms with Gasteiger partial charge in [-0.05, 0) is 33.3 Å². The Balaban J connectivity index is 2.32. The minimum absolute atomic E-state index is 0.0100. The molecule has 170 valence electrons. The number of ether oxygens (including phenoxy) is 2. The van der Waals surface area contributed by atoms with Crippen LogP contribution in [0.25, 0.3) is 0 Å². The molecule has 1 heterocycles. The third kappa shape index (κ3) is 6.77. The van der Waals surface area contributed by atoms with Crippen LogP contribution in [0.5, 0.6) is 0 Å². The fourth-order valence-electron chi connectivity index (χ4n) is 3.07. The smallest absolute Gasteiger partial charge is 0.410 e. The zero-order chi connectivity index (χ0) is 23.2. The molecule has 1 aromatic rings. The fourth-order valence-corrected chi connectivity index (χ4v) is 3.07. The number of carbonyl (C=O) groups is 2. The molecule has 1 saturated heterocycles. The third-order valence-electron chi connectivity index (χ3n) is 4.52. The number of halogens is 2. The van der Waals surface area contributed by atoms with Gasteiger partial charge in [0.15, 0.2) is 0 Å². The molecule has 0 aliphatic carbocycles. The SMILES string of the molecule is CCOC(=O)/C(NCc1ccccc1C(F)F)=C1\CN(C(=O)OC(C)(C)C)CCC1=N. The summed E-state index contributed by atoms with van der Waals surface area (Å²) in [6.45, 7) is 7.20. The van der Waals surface area contributed by atoms with E-state index in [0.29, 0.717) is 5.56 Å². The van der Waals surface area contributed by atoms with Gasteiger partial charge in [-0.15, -0.1) is 0 Å². The molecule has 1 fully saturated rings. The minimum Gasteiger partial charge on any atom is -0.461 e. The number of amides is 1. The molecule has 0 spiro atoms. The highest BCUT2D eigenvalue weighted by Gasteiger charge is 2.31. The molecule has 0 bridgehead atoms. The Morgan fingerprint density at radius 1 is 1.26 bits per heavy atom. The maximum Gasteiger partial charge on any atom is 0.410 e. The molecule has 2 rings (SSSR count). The van der Waals surface area contributed by atoms with Crippen molar-refractivity contribution in [2.75, 3.05) is 19.7 Å². The van der Waals surface area contributed by atoms with E-state index in [1.54, 1.807) is 39.8 Å². The Hall–Kier alpha value is -2.97. The summed E-state index contributed by atoms with van der Waals surface area (Å²) >= 11 is 0. The van der Waals surface area contributed by atoms with Crippen molar-refractivity contribution in [3.05, 3.63) is 46.7 Å². The first-order valence-electron chi connectivity index (χ1n) is 10.1. The Labute approximate surface area is 180 Å². The fraction of sp³-hybridized carbons (Fsp3) is 0.500. The van der Waals surface area contributed by atoms with Crippen molar-refractivity contribution in [2.24, 2.45) is 0 Å². The highest BCUT2D eigenvalue weighted by atomic mass is 19.3. The number of benzene rings is 1. The maximum absolute atomic E-state index is 13.3. The van der Waals surface area contributed by atoms with E-state index in [9.17, 15) is 18.4 Å². The van der Waals surface area contributed by atoms with Crippen molar-refractivity contribution in [1.82, 2.24) is 10.2 Å². The van der Waals surface area contributed by atoms with Crippen molar-refractivity contribution in [1.29, 1.82) is 5.41 Å². The first-order valence-corrected chi connectivity index (χ1v) is 10.1. The summed E-state index contributed by atoms with van der Waals surface area (Å²) in [5.41, 5.74) is -0.0528. The van der Waals surface area contributed by atoms with Crippen LogP contribution in [0, 0.1) is 5.41 Å². The molecule has 9 heteroatoms. The van der Waals surface area contributed by atoms with Crippen LogP contribution in [-0.2, 0) is 20.8 Å². The molecule has 1 aromatic carbocycles. The van der Waals surface area contributed by atoms with E-state index >= 15 is 0 Å². The van der Waals surface area contributed by atoms with Gasteiger partial charge in [-0.25, -0.2) is 18.4 Å². The normalized spacial score (nSPS) is 16.2. The third-order valence-corrected chi connectivity index (χ3v) is 4.52. The van der Waals surface area contributed by atoms with Crippen LogP contribution in [0.2, 0.25) is 0 Å². The van der Waals surface area contributed by atoms with E-state index in [2.05, 4.69) is 5.32 Å². The van der Waals surface area contributed by atoms with Crippen molar-refractivity contribution in [3.63, 3.8) is 0 Å². The zero-order valence-electron chi connectivity index (χ0n) is 18.3. The van der Waals surface area contributed by atoms with E-state index in [4.69, 9.17) is 14.9 Å². The lowest BCUT2D eigenvalue weighted by Crippen LogP contribution is -2.44. The Morgan fingerprint density at radius 2 is 1.94 bits per heavy atom. The van der Waals surface area contributed by atoms with Gasteiger partial charge in [-0.2, -0.15) is 0 Å². The molecule has 0 unspecified atom stereocenters. The van der Waals surface area contributed by atoms with Gasteiger partial charge in [0.25, 0.3) is 6.43 Å². The Bertz CT molecular complexity index is 863. The minimum atomic E-state index is -2.66. The van der Waals surface area contributed by atoms with Crippen LogP contribution >= 0.6 is 0 Å². The number of nitrogens with one attached hydrogen (secondary N) is 2. The number of esters is 1. The molecular formula is C22H29F2N3O4. The second-order valence-electron chi connectivity index (χ2n) is 8.06. The van der Waals surface area contributed by atoms with Gasteiger partial charge >= 0.3 is 12.1 Å². The van der Waals surface area contributed by atoms with Gasteiger partial charge in [0.2, 0.25) is 0 Å². The van der Waals surface area contributed by atoms with Crippen LogP contribution in [0.3, 0.4) is 0 Å². The first kappa shape index (κ1) is 24.3. The highest BCUT2D eigenvalue weighted by Crippen LogP contribution is 2.24. The van der Waals surface area contributed by atoms with Crippen molar-refractivity contribution >= 4 is 17.8 Å². The second kappa shape index (κ2) is 10.4. The molecule has 1 aliphatic heterocycles. The summed E-state index contributed by atoms with van der Waals surface area (Å²) < 4.78 is 37.1.